The topological polar surface area (TPSA) is 67.1 Å². The summed E-state index contributed by atoms with van der Waals surface area (Å²) in [6.45, 7) is 5.46. The molecule has 6 nitrogen and oxygen atoms in total. The molecule has 0 bridgehead atoms. The van der Waals surface area contributed by atoms with E-state index in [1.165, 1.54) is 0 Å². The molecule has 0 amide bonds. The molecule has 0 spiro atoms. The van der Waals surface area contributed by atoms with Crippen LogP contribution in [-0.4, -0.2) is 43.8 Å². The number of aliphatic hydroxyl groups is 1. The molecule has 1 saturated heterocycles. The molecule has 102 valence electrons. The number of hydrogen-bond acceptors (Lipinski definition) is 5. The van der Waals surface area contributed by atoms with Crippen LogP contribution in [-0.2, 0) is 0 Å². The summed E-state index contributed by atoms with van der Waals surface area (Å²) in [6.07, 6.45) is 2.20. The van der Waals surface area contributed by atoms with E-state index in [4.69, 9.17) is 11.6 Å². The second-order valence-electron chi connectivity index (χ2n) is 5.12. The van der Waals surface area contributed by atoms with E-state index >= 15 is 0 Å². The lowest BCUT2D eigenvalue weighted by Crippen LogP contribution is -2.23. The second-order valence-corrected chi connectivity index (χ2v) is 5.46. The number of fused-ring (bicyclic) bond motifs is 1. The van der Waals surface area contributed by atoms with Gasteiger partial charge in [0.2, 0.25) is 5.28 Å². The van der Waals surface area contributed by atoms with Crippen molar-refractivity contribution in [2.75, 3.05) is 18.0 Å². The molecular weight excluding hydrogens is 266 g/mol. The van der Waals surface area contributed by atoms with Gasteiger partial charge in [-0.05, 0) is 31.9 Å². The number of hydrogen-bond donors (Lipinski definition) is 1. The van der Waals surface area contributed by atoms with Gasteiger partial charge in [-0.25, -0.2) is 4.98 Å². The molecule has 3 rings (SSSR count). The third kappa shape index (κ3) is 2.15. The Labute approximate surface area is 116 Å². The van der Waals surface area contributed by atoms with Crippen molar-refractivity contribution in [1.29, 1.82) is 0 Å². The zero-order chi connectivity index (χ0) is 13.6. The number of halogens is 1. The highest BCUT2D eigenvalue weighted by molar-refractivity contribution is 6.28. The average Bonchev–Trinajstić information content (AvgIpc) is 2.93. The lowest BCUT2D eigenvalue weighted by Gasteiger charge is -2.17. The highest BCUT2D eigenvalue weighted by Gasteiger charge is 2.25. The third-order valence-corrected chi connectivity index (χ3v) is 3.56. The molecule has 1 N–H and O–H groups in total. The monoisotopic (exact) mass is 281 g/mol. The SMILES string of the molecule is CC(C)n1cnc2c(N3CCC(O)C3)nc(Cl)nc21. The van der Waals surface area contributed by atoms with E-state index in [2.05, 4.69) is 28.8 Å². The molecule has 2 aromatic rings. The average molecular weight is 282 g/mol. The fourth-order valence-electron chi connectivity index (χ4n) is 2.41. The predicted octanol–water partition coefficient (Wildman–Crippen LogP) is 1.63. The first kappa shape index (κ1) is 12.6. The van der Waals surface area contributed by atoms with E-state index in [-0.39, 0.29) is 17.4 Å². The summed E-state index contributed by atoms with van der Waals surface area (Å²) in [7, 11) is 0. The van der Waals surface area contributed by atoms with E-state index in [1.807, 2.05) is 9.47 Å². The highest BCUT2D eigenvalue weighted by Crippen LogP contribution is 2.28. The molecule has 1 aliphatic heterocycles. The Kier molecular flexibility index (Phi) is 3.06. The van der Waals surface area contributed by atoms with Crippen LogP contribution >= 0.6 is 11.6 Å². The molecule has 1 aliphatic rings. The van der Waals surface area contributed by atoms with Gasteiger partial charge in [0.15, 0.2) is 17.0 Å². The zero-order valence-corrected chi connectivity index (χ0v) is 11.7. The van der Waals surface area contributed by atoms with Gasteiger partial charge in [-0.2, -0.15) is 9.97 Å². The summed E-state index contributed by atoms with van der Waals surface area (Å²) in [5.41, 5.74) is 1.48. The third-order valence-electron chi connectivity index (χ3n) is 3.39. The van der Waals surface area contributed by atoms with Gasteiger partial charge in [-0.15, -0.1) is 0 Å². The fourth-order valence-corrected chi connectivity index (χ4v) is 2.57. The van der Waals surface area contributed by atoms with Crippen LogP contribution in [0.3, 0.4) is 0 Å². The molecule has 1 atom stereocenters. The smallest absolute Gasteiger partial charge is 0.226 e. The number of nitrogens with zero attached hydrogens (tertiary/aromatic N) is 5. The van der Waals surface area contributed by atoms with Crippen molar-refractivity contribution in [3.8, 4) is 0 Å². The molecule has 0 aliphatic carbocycles. The van der Waals surface area contributed by atoms with Gasteiger partial charge in [0.05, 0.1) is 12.4 Å². The number of β-amino-alcohol motifs (C(OH)–C–C–N with tert-alkyl or cyclic N) is 1. The molecule has 7 heteroatoms. The zero-order valence-electron chi connectivity index (χ0n) is 10.9. The molecule has 1 unspecified atom stereocenters. The normalized spacial score (nSPS) is 19.8. The Hall–Kier alpha value is -1.40. The standard InChI is InChI=1S/C12H16ClN5O/c1-7(2)18-6-14-9-10(15-12(13)16-11(9)18)17-4-3-8(19)5-17/h6-8,19H,3-5H2,1-2H3. The quantitative estimate of drug-likeness (QED) is 0.848. The van der Waals surface area contributed by atoms with E-state index in [9.17, 15) is 5.11 Å². The van der Waals surface area contributed by atoms with Gasteiger partial charge in [0.25, 0.3) is 0 Å². The largest absolute Gasteiger partial charge is 0.391 e. The van der Waals surface area contributed by atoms with Crippen LogP contribution < -0.4 is 4.90 Å². The summed E-state index contributed by atoms with van der Waals surface area (Å²) in [4.78, 5) is 15.0. The van der Waals surface area contributed by atoms with Crippen molar-refractivity contribution in [2.24, 2.45) is 0 Å². The summed E-state index contributed by atoms with van der Waals surface area (Å²) in [6, 6.07) is 0.257. The summed E-state index contributed by atoms with van der Waals surface area (Å²) in [5, 5.41) is 9.87. The maximum atomic E-state index is 9.65. The van der Waals surface area contributed by atoms with E-state index in [0.29, 0.717) is 12.4 Å². The van der Waals surface area contributed by atoms with Crippen molar-refractivity contribution >= 4 is 28.6 Å². The number of aromatic nitrogens is 4. The minimum atomic E-state index is -0.309. The fraction of sp³-hybridized carbons (Fsp3) is 0.583. The van der Waals surface area contributed by atoms with Crippen LogP contribution in [0.5, 0.6) is 0 Å². The molecule has 0 saturated carbocycles. The molecule has 2 aromatic heterocycles. The summed E-state index contributed by atoms with van der Waals surface area (Å²) in [5.74, 6) is 0.714. The van der Waals surface area contributed by atoms with Crippen LogP contribution in [0.25, 0.3) is 11.2 Å². The maximum absolute atomic E-state index is 9.65. The highest BCUT2D eigenvalue weighted by atomic mass is 35.5. The van der Waals surface area contributed by atoms with Crippen molar-refractivity contribution in [3.63, 3.8) is 0 Å². The first-order chi connectivity index (χ1) is 9.06. The molecule has 0 radical (unpaired) electrons. The Morgan fingerprint density at radius 3 is 2.84 bits per heavy atom. The van der Waals surface area contributed by atoms with Crippen LogP contribution in [0.2, 0.25) is 5.28 Å². The molecule has 1 fully saturated rings. The van der Waals surface area contributed by atoms with Crippen molar-refractivity contribution in [2.45, 2.75) is 32.4 Å². The van der Waals surface area contributed by atoms with Crippen LogP contribution in [0.1, 0.15) is 26.3 Å². The van der Waals surface area contributed by atoms with Crippen LogP contribution in [0, 0.1) is 0 Å². The number of rotatable bonds is 2. The molecular formula is C12H16ClN5O. The van der Waals surface area contributed by atoms with Crippen LogP contribution in [0.15, 0.2) is 6.33 Å². The Bertz CT molecular complexity index is 611. The maximum Gasteiger partial charge on any atom is 0.226 e. The van der Waals surface area contributed by atoms with Crippen molar-refractivity contribution in [3.05, 3.63) is 11.6 Å². The van der Waals surface area contributed by atoms with Crippen LogP contribution in [0.4, 0.5) is 5.82 Å². The van der Waals surface area contributed by atoms with Gasteiger partial charge in [0, 0.05) is 19.1 Å². The summed E-state index contributed by atoms with van der Waals surface area (Å²) < 4.78 is 1.97. The first-order valence-electron chi connectivity index (χ1n) is 6.39. The van der Waals surface area contributed by atoms with Gasteiger partial charge in [-0.1, -0.05) is 0 Å². The Morgan fingerprint density at radius 2 is 2.21 bits per heavy atom. The minimum absolute atomic E-state index is 0.214. The predicted molar refractivity (Wildman–Crippen MR) is 73.6 cm³/mol. The van der Waals surface area contributed by atoms with E-state index in [0.717, 1.165) is 24.1 Å². The Morgan fingerprint density at radius 1 is 1.42 bits per heavy atom. The molecule has 0 aromatic carbocycles. The number of aliphatic hydroxyl groups excluding tert-OH is 1. The Balaban J connectivity index is 2.14. The first-order valence-corrected chi connectivity index (χ1v) is 6.77. The second kappa shape index (κ2) is 4.61. The van der Waals surface area contributed by atoms with E-state index < -0.39 is 0 Å². The van der Waals surface area contributed by atoms with Crippen molar-refractivity contribution in [1.82, 2.24) is 19.5 Å². The molecule has 3 heterocycles. The summed E-state index contributed by atoms with van der Waals surface area (Å²) >= 11 is 6.02. The molecule has 19 heavy (non-hydrogen) atoms. The van der Waals surface area contributed by atoms with Gasteiger partial charge in [0.1, 0.15) is 0 Å². The van der Waals surface area contributed by atoms with Gasteiger partial charge in [-0.3, -0.25) is 0 Å². The van der Waals surface area contributed by atoms with Crippen molar-refractivity contribution < 1.29 is 5.11 Å². The minimum Gasteiger partial charge on any atom is -0.391 e. The number of anilines is 1. The lowest BCUT2D eigenvalue weighted by molar-refractivity contribution is 0.198. The van der Waals surface area contributed by atoms with Gasteiger partial charge < -0.3 is 14.6 Å². The van der Waals surface area contributed by atoms with Gasteiger partial charge >= 0.3 is 0 Å². The lowest BCUT2D eigenvalue weighted by atomic mass is 10.3. The van der Waals surface area contributed by atoms with E-state index in [1.54, 1.807) is 6.33 Å². The number of imidazole rings is 1.